The van der Waals surface area contributed by atoms with Crippen molar-refractivity contribution in [3.63, 3.8) is 0 Å². The van der Waals surface area contributed by atoms with Crippen molar-refractivity contribution in [2.24, 2.45) is 18.9 Å². The van der Waals surface area contributed by atoms with E-state index in [-0.39, 0.29) is 59.9 Å². The van der Waals surface area contributed by atoms with Gasteiger partial charge in [0.25, 0.3) is 0 Å². The lowest BCUT2D eigenvalue weighted by molar-refractivity contribution is -0.119. The molecule has 19 rings (SSSR count). The number of hydrogen-bond acceptors (Lipinski definition) is 20. The lowest BCUT2D eigenvalue weighted by Gasteiger charge is -2.11. The molecule has 3 saturated carbocycles. The SMILES string of the molecule is Cc1cccc(NC(=O)Nc2ccc(-c3nn(C(C)C)c4ncnc(NC(=O)C5CC5)c34)cc2)c1.Cc1cccc(NC(=O)Nc2ccc(-c3nn(C(C)C)c4ncnc(NC(=O)C5CCCC5)c34)cc2)c1.Cc1cccc(NC(=O)Nc2ccc(-c3nn(C)c4ncnc(N)c34)cc2)c1.Cc1cccc(NC(=O)Nc2ccc(-c3nn(C4CCCC4)c4ncnc(N)c34)cc2)c1. The number of amides is 10. The summed E-state index contributed by atoms with van der Waals surface area (Å²) in [6.07, 6.45) is 16.2. The zero-order valence-corrected chi connectivity index (χ0v) is 74.5. The molecule has 10 amide bonds. The van der Waals surface area contributed by atoms with Crippen molar-refractivity contribution in [1.29, 1.82) is 0 Å². The van der Waals surface area contributed by atoms with Gasteiger partial charge in [-0.3, -0.25) is 9.59 Å². The van der Waals surface area contributed by atoms with Crippen LogP contribution in [-0.2, 0) is 16.6 Å². The fourth-order valence-corrected chi connectivity index (χ4v) is 16.1. The summed E-state index contributed by atoms with van der Waals surface area (Å²) in [5.74, 6) is 1.80. The highest BCUT2D eigenvalue weighted by atomic mass is 16.2. The molecule has 3 aliphatic rings. The number of hydrogen-bond donors (Lipinski definition) is 12. The Morgan fingerprint density at radius 1 is 0.318 bits per heavy atom. The summed E-state index contributed by atoms with van der Waals surface area (Å²) in [6, 6.07) is 59.5. The van der Waals surface area contributed by atoms with Crippen molar-refractivity contribution in [3.05, 3.63) is 242 Å². The van der Waals surface area contributed by atoms with E-state index < -0.39 is 0 Å². The molecule has 0 atom stereocenters. The number of rotatable bonds is 19. The Bertz CT molecular complexity index is 6930. The van der Waals surface area contributed by atoms with E-state index in [9.17, 15) is 28.8 Å². The number of nitrogens with zero attached hydrogens (tertiary/aromatic N) is 16. The number of carbonyl (C=O) groups excluding carboxylic acids is 6. The van der Waals surface area contributed by atoms with Gasteiger partial charge in [0.1, 0.15) is 71.4 Å². The first kappa shape index (κ1) is 89.0. The molecule has 0 saturated heterocycles. The Balaban J connectivity index is 0.000000129. The van der Waals surface area contributed by atoms with Gasteiger partial charge in [-0.05, 0) is 213 Å². The van der Waals surface area contributed by atoms with Crippen LogP contribution in [0.15, 0.2) is 219 Å². The minimum atomic E-state index is -0.323. The molecule has 16 aromatic rings. The summed E-state index contributed by atoms with van der Waals surface area (Å²) in [5, 5.41) is 50.7. The van der Waals surface area contributed by atoms with E-state index in [0.717, 1.165) is 135 Å². The Labute approximate surface area is 760 Å². The molecule has 14 N–H and O–H groups in total. The van der Waals surface area contributed by atoms with Crippen molar-refractivity contribution < 1.29 is 28.8 Å². The second kappa shape index (κ2) is 39.9. The topological polar surface area (TPSA) is 449 Å². The number of carbonyl (C=O) groups is 6. The van der Waals surface area contributed by atoms with Crippen LogP contribution < -0.4 is 64.6 Å². The number of benzene rings is 8. The number of nitrogens with one attached hydrogen (secondary N) is 10. The monoisotopic (exact) mass is 1770 g/mol. The Kier molecular flexibility index (Phi) is 26.9. The summed E-state index contributed by atoms with van der Waals surface area (Å²) < 4.78 is 7.36. The van der Waals surface area contributed by atoms with Gasteiger partial charge in [0, 0.05) is 98.7 Å². The largest absolute Gasteiger partial charge is 0.383 e. The van der Waals surface area contributed by atoms with Gasteiger partial charge in [-0.15, -0.1) is 0 Å². The third-order valence-corrected chi connectivity index (χ3v) is 22.7. The maximum absolute atomic E-state index is 12.9. The van der Waals surface area contributed by atoms with Crippen LogP contribution in [0.2, 0.25) is 0 Å². The molecule has 670 valence electrons. The third kappa shape index (κ3) is 21.2. The van der Waals surface area contributed by atoms with Crippen molar-refractivity contribution in [3.8, 4) is 45.0 Å². The molecule has 0 bridgehead atoms. The van der Waals surface area contributed by atoms with Gasteiger partial charge in [0.05, 0.1) is 27.6 Å². The molecule has 0 radical (unpaired) electrons. The minimum Gasteiger partial charge on any atom is -0.383 e. The second-order valence-electron chi connectivity index (χ2n) is 33.6. The van der Waals surface area contributed by atoms with Crippen molar-refractivity contribution in [2.45, 2.75) is 138 Å². The predicted octanol–water partition coefficient (Wildman–Crippen LogP) is 20.2. The number of aryl methyl sites for hydroxylation is 5. The molecule has 8 aromatic heterocycles. The Hall–Kier alpha value is -16.4. The molecule has 0 spiro atoms. The lowest BCUT2D eigenvalue weighted by Crippen LogP contribution is -2.21. The normalized spacial score (nSPS) is 13.0. The van der Waals surface area contributed by atoms with E-state index in [0.29, 0.717) is 102 Å². The number of nitrogen functional groups attached to an aromatic ring is 2. The fourth-order valence-electron chi connectivity index (χ4n) is 16.1. The maximum atomic E-state index is 12.9. The Morgan fingerprint density at radius 3 is 0.955 bits per heavy atom. The molecule has 8 heterocycles. The van der Waals surface area contributed by atoms with Crippen LogP contribution in [0.1, 0.15) is 132 Å². The van der Waals surface area contributed by atoms with Crippen molar-refractivity contribution >= 4 is 149 Å². The Morgan fingerprint density at radius 2 is 0.614 bits per heavy atom. The van der Waals surface area contributed by atoms with E-state index in [4.69, 9.17) is 26.8 Å². The average Bonchev–Trinajstić information content (AvgIpc) is 1.62. The van der Waals surface area contributed by atoms with Gasteiger partial charge in [0.2, 0.25) is 11.8 Å². The van der Waals surface area contributed by atoms with E-state index >= 15 is 0 Å². The third-order valence-electron chi connectivity index (χ3n) is 22.7. The van der Waals surface area contributed by atoms with Crippen molar-refractivity contribution in [1.82, 2.24) is 79.0 Å². The zero-order valence-electron chi connectivity index (χ0n) is 74.5. The minimum absolute atomic E-state index is 0.0000768. The molecular weight excluding hydrogens is 1670 g/mol. The van der Waals surface area contributed by atoms with Crippen LogP contribution in [0, 0.1) is 39.5 Å². The molecule has 3 aliphatic carbocycles. The van der Waals surface area contributed by atoms with Crippen LogP contribution in [0.25, 0.3) is 89.2 Å². The standard InChI is InChI=1S/C28H31N7O2.C26H27N7O2.C24H25N7O.C20H19N7O/c1-17(2)35-26-23(25(29-16-30-26)33-27(36)20-8-4-5-9-20)24(34-35)19-11-13-21(14-12-19)31-28(37)32-22-10-6-7-18(3)15-22;1-15(2)33-24-21(23(27-14-28-24)31-25(34)18-7-8-18)22(32-33)17-9-11-19(12-10-17)29-26(35)30-20-6-4-5-16(3)13-20;1-15-5-4-6-18(13-15)29-24(32)28-17-11-9-16(10-12-17)21-20-22(25)26-14-27-23(20)31(30-21)19-7-2-3-8-19;1-12-4-3-5-15(10-12)25-20(28)24-14-8-6-13(7-9-14)17-16-18(21)22-11-23-19(16)27(2)26-17/h6-7,10-17,20H,4-5,8-9H2,1-3H3,(H2,31,32,37)(H,29,30,33,36);4-6,9-15,18H,7-8H2,1-3H3,(H2,29,30,35)(H,27,28,31,34);4-6,9-14,19H,2-3,7-8H2,1H3,(H2,25,26,27)(H2,28,29,32);3-11H,1-2H3,(H2,21,22,23)(H2,24,25,28). The molecule has 34 heteroatoms. The molecule has 34 nitrogen and oxygen atoms in total. The highest BCUT2D eigenvalue weighted by Crippen LogP contribution is 2.41. The van der Waals surface area contributed by atoms with Crippen molar-refractivity contribution in [2.75, 3.05) is 64.6 Å². The fraction of sp³-hybridized carbons (Fsp3) is 0.245. The summed E-state index contributed by atoms with van der Waals surface area (Å²) in [6.45, 7) is 16.0. The van der Waals surface area contributed by atoms with Gasteiger partial charge in [0.15, 0.2) is 22.6 Å². The maximum Gasteiger partial charge on any atom is 0.323 e. The molecule has 0 aliphatic heterocycles. The molecule has 3 fully saturated rings. The van der Waals surface area contributed by atoms with Crippen LogP contribution in [0.4, 0.5) is 87.9 Å². The predicted molar refractivity (Wildman–Crippen MR) is 518 cm³/mol. The average molecular weight is 1770 g/mol. The van der Waals surface area contributed by atoms with Gasteiger partial charge < -0.3 is 64.6 Å². The van der Waals surface area contributed by atoms with Gasteiger partial charge in [-0.2, -0.15) is 20.4 Å². The summed E-state index contributed by atoms with van der Waals surface area (Å²) in [7, 11) is 1.81. The number of anilines is 12. The first-order valence-electron chi connectivity index (χ1n) is 43.9. The smallest absolute Gasteiger partial charge is 0.323 e. The molecule has 0 unspecified atom stereocenters. The summed E-state index contributed by atoms with van der Waals surface area (Å²) in [4.78, 5) is 109. The number of urea groups is 4. The summed E-state index contributed by atoms with van der Waals surface area (Å²) >= 11 is 0. The van der Waals surface area contributed by atoms with E-state index in [1.54, 1.807) is 4.68 Å². The van der Waals surface area contributed by atoms with Crippen LogP contribution in [0.3, 0.4) is 0 Å². The van der Waals surface area contributed by atoms with E-state index in [1.807, 2.05) is 271 Å². The van der Waals surface area contributed by atoms with Gasteiger partial charge in [-0.25, -0.2) is 77.8 Å². The molecular formula is C98H102N28O6. The van der Waals surface area contributed by atoms with E-state index in [2.05, 4.69) is 98.1 Å². The molecule has 132 heavy (non-hydrogen) atoms. The number of nitrogens with two attached hydrogens (primary N) is 2. The zero-order chi connectivity index (χ0) is 92.2. The van der Waals surface area contributed by atoms with Gasteiger partial charge in [-0.1, -0.05) is 123 Å². The number of aromatic nitrogens is 16. The van der Waals surface area contributed by atoms with Crippen LogP contribution in [0.5, 0.6) is 0 Å². The lowest BCUT2D eigenvalue weighted by atomic mass is 10.1. The van der Waals surface area contributed by atoms with Gasteiger partial charge >= 0.3 is 24.1 Å². The first-order chi connectivity index (χ1) is 63.9. The summed E-state index contributed by atoms with van der Waals surface area (Å²) in [5.41, 5.74) is 31.1. The second-order valence-corrected chi connectivity index (χ2v) is 33.6. The first-order valence-corrected chi connectivity index (χ1v) is 43.9. The highest BCUT2D eigenvalue weighted by Gasteiger charge is 2.33. The highest BCUT2D eigenvalue weighted by molar-refractivity contribution is 6.09. The van der Waals surface area contributed by atoms with Crippen LogP contribution in [-0.4, -0.2) is 115 Å². The molecule has 8 aromatic carbocycles. The van der Waals surface area contributed by atoms with E-state index in [1.165, 1.54) is 38.2 Å². The quantitative estimate of drug-likeness (QED) is 0.0358. The number of fused-ring (bicyclic) bond motifs is 4. The van der Waals surface area contributed by atoms with Crippen LogP contribution >= 0.6 is 0 Å².